The maximum absolute atomic E-state index is 5.54. The number of aromatic nitrogens is 3. The number of nitrogens with zero attached hydrogens (tertiary/aromatic N) is 2. The first-order chi connectivity index (χ1) is 9.31. The van der Waals surface area contributed by atoms with Crippen LogP contribution in [-0.2, 0) is 11.3 Å². The molecule has 98 valence electrons. The van der Waals surface area contributed by atoms with Crippen molar-refractivity contribution in [3.05, 3.63) is 35.3 Å². The number of hydrogen-bond donors (Lipinski definition) is 1. The second-order valence-electron chi connectivity index (χ2n) is 4.14. The Bertz CT molecular complexity index is 756. The van der Waals surface area contributed by atoms with E-state index in [1.54, 1.807) is 13.4 Å². The van der Waals surface area contributed by atoms with Crippen molar-refractivity contribution < 1.29 is 9.15 Å². The number of hydrogen-bond acceptors (Lipinski definition) is 4. The first kappa shape index (κ1) is 12.1. The number of rotatable bonds is 4. The van der Waals surface area contributed by atoms with Crippen molar-refractivity contribution in [1.82, 2.24) is 14.8 Å². The number of aromatic amines is 1. The molecule has 2 aromatic heterocycles. The van der Waals surface area contributed by atoms with Gasteiger partial charge in [-0.2, -0.15) is 5.10 Å². The van der Waals surface area contributed by atoms with Crippen molar-refractivity contribution in [1.29, 1.82) is 0 Å². The maximum Gasteiger partial charge on any atom is 0.195 e. The molecule has 0 saturated carbocycles. The third-order valence-corrected chi connectivity index (χ3v) is 3.31. The third-order valence-electron chi connectivity index (χ3n) is 3.00. The second-order valence-corrected chi connectivity index (χ2v) is 4.53. The van der Waals surface area contributed by atoms with E-state index in [4.69, 9.17) is 21.4 Å². The van der Waals surface area contributed by atoms with E-state index in [0.29, 0.717) is 17.9 Å². The standard InChI is InChI=1S/C13H13N3O2S/c1-17-7-6-16-12(14-15-13(16)19)10-8-18-11-5-3-2-4-9(10)11/h2-5,8H,6-7H2,1H3,(H,15,19). The summed E-state index contributed by atoms with van der Waals surface area (Å²) >= 11 is 5.24. The Labute approximate surface area is 114 Å². The lowest BCUT2D eigenvalue weighted by molar-refractivity contribution is 0.187. The molecule has 6 heteroatoms. The molecule has 2 heterocycles. The van der Waals surface area contributed by atoms with Gasteiger partial charge in [0.05, 0.1) is 18.7 Å². The molecule has 1 N–H and O–H groups in total. The monoisotopic (exact) mass is 275 g/mol. The zero-order valence-electron chi connectivity index (χ0n) is 10.4. The van der Waals surface area contributed by atoms with Crippen LogP contribution in [0.1, 0.15) is 0 Å². The molecule has 0 aliphatic heterocycles. The molecular weight excluding hydrogens is 262 g/mol. The molecule has 0 aliphatic carbocycles. The Hall–Kier alpha value is -1.92. The van der Waals surface area contributed by atoms with Gasteiger partial charge in [0.2, 0.25) is 0 Å². The van der Waals surface area contributed by atoms with Crippen molar-refractivity contribution in [2.24, 2.45) is 0 Å². The molecule has 19 heavy (non-hydrogen) atoms. The molecule has 5 nitrogen and oxygen atoms in total. The van der Waals surface area contributed by atoms with Gasteiger partial charge < -0.3 is 9.15 Å². The number of H-pyrrole nitrogens is 1. The van der Waals surface area contributed by atoms with Gasteiger partial charge in [0.15, 0.2) is 10.6 Å². The largest absolute Gasteiger partial charge is 0.464 e. The number of ether oxygens (including phenoxy) is 1. The molecule has 0 aliphatic rings. The lowest BCUT2D eigenvalue weighted by Crippen LogP contribution is -2.06. The van der Waals surface area contributed by atoms with Crippen molar-refractivity contribution in [2.45, 2.75) is 6.54 Å². The quantitative estimate of drug-likeness (QED) is 0.744. The van der Waals surface area contributed by atoms with Gasteiger partial charge in [-0.1, -0.05) is 18.2 Å². The number of methoxy groups -OCH3 is 1. The fourth-order valence-corrected chi connectivity index (χ4v) is 2.29. The topological polar surface area (TPSA) is 56.0 Å². The van der Waals surface area contributed by atoms with Crippen molar-refractivity contribution >= 4 is 23.2 Å². The summed E-state index contributed by atoms with van der Waals surface area (Å²) in [5.74, 6) is 0.770. The predicted octanol–water partition coefficient (Wildman–Crippen LogP) is 3.00. The Morgan fingerprint density at radius 2 is 2.26 bits per heavy atom. The molecular formula is C13H13N3O2S. The van der Waals surface area contributed by atoms with Crippen LogP contribution in [-0.4, -0.2) is 28.5 Å². The summed E-state index contributed by atoms with van der Waals surface area (Å²) in [7, 11) is 1.66. The van der Waals surface area contributed by atoms with Crippen LogP contribution in [0.3, 0.4) is 0 Å². The average molecular weight is 275 g/mol. The first-order valence-corrected chi connectivity index (χ1v) is 6.33. The lowest BCUT2D eigenvalue weighted by Gasteiger charge is -2.04. The van der Waals surface area contributed by atoms with E-state index >= 15 is 0 Å². The zero-order chi connectivity index (χ0) is 13.2. The number of benzene rings is 1. The number of fused-ring (bicyclic) bond motifs is 1. The summed E-state index contributed by atoms with van der Waals surface area (Å²) in [5, 5.41) is 8.13. The smallest absolute Gasteiger partial charge is 0.195 e. The highest BCUT2D eigenvalue weighted by atomic mass is 32.1. The fourth-order valence-electron chi connectivity index (χ4n) is 2.06. The van der Waals surface area contributed by atoms with E-state index in [-0.39, 0.29) is 0 Å². The molecule has 0 saturated heterocycles. The SMILES string of the molecule is COCCn1c(-c2coc3ccccc23)n[nH]c1=S. The number of furan rings is 1. The van der Waals surface area contributed by atoms with Crippen LogP contribution < -0.4 is 0 Å². The zero-order valence-corrected chi connectivity index (χ0v) is 11.2. The summed E-state index contributed by atoms with van der Waals surface area (Å²) in [4.78, 5) is 0. The van der Waals surface area contributed by atoms with Crippen molar-refractivity contribution in [2.75, 3.05) is 13.7 Å². The second kappa shape index (κ2) is 4.99. The van der Waals surface area contributed by atoms with E-state index in [2.05, 4.69) is 10.2 Å². The number of nitrogens with one attached hydrogen (secondary N) is 1. The van der Waals surface area contributed by atoms with Gasteiger partial charge in [0.25, 0.3) is 0 Å². The Kier molecular flexibility index (Phi) is 3.18. The summed E-state index contributed by atoms with van der Waals surface area (Å²) in [5.41, 5.74) is 1.77. The molecule has 3 aromatic rings. The van der Waals surface area contributed by atoms with Crippen LogP contribution in [0.2, 0.25) is 0 Å². The molecule has 1 aromatic carbocycles. The van der Waals surface area contributed by atoms with E-state index in [9.17, 15) is 0 Å². The van der Waals surface area contributed by atoms with Gasteiger partial charge in [-0.3, -0.25) is 9.67 Å². The van der Waals surface area contributed by atoms with Crippen LogP contribution in [0.5, 0.6) is 0 Å². The predicted molar refractivity (Wildman–Crippen MR) is 74.5 cm³/mol. The minimum absolute atomic E-state index is 0.580. The van der Waals surface area contributed by atoms with Gasteiger partial charge in [-0.05, 0) is 18.3 Å². The van der Waals surface area contributed by atoms with Crippen LogP contribution in [0.4, 0.5) is 0 Å². The molecule has 3 rings (SSSR count). The minimum Gasteiger partial charge on any atom is -0.464 e. The van der Waals surface area contributed by atoms with Gasteiger partial charge in [-0.15, -0.1) is 0 Å². The van der Waals surface area contributed by atoms with Crippen LogP contribution in [0, 0.1) is 4.77 Å². The molecule has 0 atom stereocenters. The van der Waals surface area contributed by atoms with Gasteiger partial charge in [-0.25, -0.2) is 0 Å². The van der Waals surface area contributed by atoms with E-state index < -0.39 is 0 Å². The maximum atomic E-state index is 5.54. The van der Waals surface area contributed by atoms with Gasteiger partial charge >= 0.3 is 0 Å². The van der Waals surface area contributed by atoms with Gasteiger partial charge in [0.1, 0.15) is 11.8 Å². The Morgan fingerprint density at radius 1 is 1.42 bits per heavy atom. The highest BCUT2D eigenvalue weighted by Gasteiger charge is 2.14. The summed E-state index contributed by atoms with van der Waals surface area (Å²) in [6.45, 7) is 1.23. The Balaban J connectivity index is 2.14. The minimum atomic E-state index is 0.580. The van der Waals surface area contributed by atoms with Crippen LogP contribution >= 0.6 is 12.2 Å². The molecule has 0 radical (unpaired) electrons. The lowest BCUT2D eigenvalue weighted by atomic mass is 10.1. The van der Waals surface area contributed by atoms with Crippen LogP contribution in [0.15, 0.2) is 34.9 Å². The molecule has 0 spiro atoms. The van der Waals surface area contributed by atoms with E-state index in [0.717, 1.165) is 22.4 Å². The third kappa shape index (κ3) is 2.09. The van der Waals surface area contributed by atoms with Gasteiger partial charge in [0, 0.05) is 12.5 Å². The van der Waals surface area contributed by atoms with E-state index in [1.165, 1.54) is 0 Å². The summed E-state index contributed by atoms with van der Waals surface area (Å²) in [6.07, 6.45) is 1.71. The molecule has 0 fully saturated rings. The van der Waals surface area contributed by atoms with E-state index in [1.807, 2.05) is 28.8 Å². The average Bonchev–Trinajstić information content (AvgIpc) is 3.00. The number of para-hydroxylation sites is 1. The molecule has 0 amide bonds. The van der Waals surface area contributed by atoms with Crippen LogP contribution in [0.25, 0.3) is 22.4 Å². The normalized spacial score (nSPS) is 11.2. The highest BCUT2D eigenvalue weighted by molar-refractivity contribution is 7.71. The Morgan fingerprint density at radius 3 is 3.11 bits per heavy atom. The molecule has 0 unspecified atom stereocenters. The highest BCUT2D eigenvalue weighted by Crippen LogP contribution is 2.29. The summed E-state index contributed by atoms with van der Waals surface area (Å²) in [6, 6.07) is 7.85. The van der Waals surface area contributed by atoms with Crippen molar-refractivity contribution in [3.63, 3.8) is 0 Å². The van der Waals surface area contributed by atoms with Crippen molar-refractivity contribution in [3.8, 4) is 11.4 Å². The fraction of sp³-hybridized carbons (Fsp3) is 0.231. The molecule has 0 bridgehead atoms. The summed E-state index contributed by atoms with van der Waals surface area (Å²) < 4.78 is 13.1. The first-order valence-electron chi connectivity index (χ1n) is 5.92.